The second kappa shape index (κ2) is 13.8. The Morgan fingerprint density at radius 3 is 1.43 bits per heavy atom. The molecule has 3 rings (SSSR count). The van der Waals surface area contributed by atoms with Crippen LogP contribution in [-0.2, 0) is 33.0 Å². The van der Waals surface area contributed by atoms with Crippen molar-refractivity contribution >= 4 is 18.4 Å². The Morgan fingerprint density at radius 1 is 0.811 bits per heavy atom. The van der Waals surface area contributed by atoms with Gasteiger partial charge in [0.2, 0.25) is 0 Å². The number of benzene rings is 2. The predicted octanol–water partition coefficient (Wildman–Crippen LogP) is 5.30. The number of hydrogen-bond donors (Lipinski definition) is 2. The van der Waals surface area contributed by atoms with Gasteiger partial charge in [0.1, 0.15) is 11.5 Å². The quantitative estimate of drug-likeness (QED) is 0.509. The molecule has 1 fully saturated rings. The molecule has 2 N–H and O–H groups in total. The monoisotopic (exact) mass is 545 g/mol. The molecule has 7 heteroatoms. The van der Waals surface area contributed by atoms with Gasteiger partial charge in [-0.05, 0) is 53.9 Å². The number of phenols is 2. The summed E-state index contributed by atoms with van der Waals surface area (Å²) in [7, 11) is 0. The minimum Gasteiger partial charge on any atom is -0.550 e. The summed E-state index contributed by atoms with van der Waals surface area (Å²) in [6.45, 7) is 13.5. The average molecular weight is 546 g/mol. The maximum Gasteiger partial charge on any atom is 0.128 e. The van der Waals surface area contributed by atoms with Gasteiger partial charge in [0.05, 0.1) is 12.1 Å². The van der Waals surface area contributed by atoms with Crippen LogP contribution >= 0.6 is 0 Å². The molecular formula is C30H41CrN2O4-. The first-order valence-electron chi connectivity index (χ1n) is 12.6. The van der Waals surface area contributed by atoms with Gasteiger partial charge >= 0.3 is 0 Å². The van der Waals surface area contributed by atoms with Gasteiger partial charge < -0.3 is 20.1 Å². The Morgan fingerprint density at radius 2 is 1.14 bits per heavy atom. The molecule has 0 aromatic heterocycles. The number of carboxylic acid groups (broad SMARTS) is 1. The molecule has 0 spiro atoms. The summed E-state index contributed by atoms with van der Waals surface area (Å²) in [5, 5.41) is 30.4. The fraction of sp³-hybridized carbons (Fsp3) is 0.500. The first kappa shape index (κ1) is 32.4. The third-order valence-corrected chi connectivity index (χ3v) is 6.25. The van der Waals surface area contributed by atoms with E-state index in [1.807, 2.05) is 36.4 Å². The summed E-state index contributed by atoms with van der Waals surface area (Å²) in [4.78, 5) is 18.6. The van der Waals surface area contributed by atoms with Crippen molar-refractivity contribution in [3.63, 3.8) is 0 Å². The summed E-state index contributed by atoms with van der Waals surface area (Å²) < 4.78 is 0. The number of nitrogens with zero attached hydrogens (tertiary/aromatic N) is 2. The number of carbonyl (C=O) groups excluding carboxylic acids is 1. The molecule has 202 valence electrons. The van der Waals surface area contributed by atoms with Crippen molar-refractivity contribution in [1.29, 1.82) is 0 Å². The zero-order valence-corrected chi connectivity index (χ0v) is 24.4. The summed E-state index contributed by atoms with van der Waals surface area (Å²) in [6.07, 6.45) is 7.83. The third kappa shape index (κ3) is 9.65. The van der Waals surface area contributed by atoms with Crippen molar-refractivity contribution in [3.8, 4) is 11.5 Å². The van der Waals surface area contributed by atoms with Crippen LogP contribution in [0.2, 0.25) is 0 Å². The molecule has 1 aliphatic carbocycles. The van der Waals surface area contributed by atoms with Crippen molar-refractivity contribution in [2.24, 2.45) is 9.98 Å². The van der Waals surface area contributed by atoms with Gasteiger partial charge in [-0.15, -0.1) is 0 Å². The smallest absolute Gasteiger partial charge is 0.128 e. The summed E-state index contributed by atoms with van der Waals surface area (Å²) in [5.41, 5.74) is 3.09. The van der Waals surface area contributed by atoms with Crippen molar-refractivity contribution in [2.45, 2.75) is 97.1 Å². The molecule has 37 heavy (non-hydrogen) atoms. The molecule has 0 amide bonds. The molecule has 1 saturated carbocycles. The van der Waals surface area contributed by atoms with Gasteiger partial charge in [-0.1, -0.05) is 78.6 Å². The number of carbonyl (C=O) groups is 1. The van der Waals surface area contributed by atoms with E-state index in [9.17, 15) is 10.2 Å². The first-order valence-corrected chi connectivity index (χ1v) is 12.6. The second-order valence-electron chi connectivity index (χ2n) is 11.5. The van der Waals surface area contributed by atoms with Gasteiger partial charge in [-0.2, -0.15) is 0 Å². The molecule has 0 saturated heterocycles. The fourth-order valence-electron chi connectivity index (χ4n) is 4.33. The summed E-state index contributed by atoms with van der Waals surface area (Å²) >= 11 is 0. The Labute approximate surface area is 232 Å². The van der Waals surface area contributed by atoms with Gasteiger partial charge in [0, 0.05) is 46.9 Å². The maximum absolute atomic E-state index is 10.7. The minimum absolute atomic E-state index is 0. The van der Waals surface area contributed by atoms with E-state index in [-0.39, 0.29) is 40.3 Å². The molecule has 2 atom stereocenters. The zero-order valence-electron chi connectivity index (χ0n) is 23.1. The van der Waals surface area contributed by atoms with Crippen LogP contribution in [0.5, 0.6) is 11.5 Å². The van der Waals surface area contributed by atoms with Crippen LogP contribution in [-0.4, -0.2) is 40.7 Å². The van der Waals surface area contributed by atoms with E-state index in [1.54, 1.807) is 12.4 Å². The van der Waals surface area contributed by atoms with E-state index in [2.05, 4.69) is 41.5 Å². The number of phenolic OH excluding ortho intramolecular Hbond substituents is 2. The van der Waals surface area contributed by atoms with Gasteiger partial charge in [0.25, 0.3) is 0 Å². The standard InChI is InChI=1S/C28H38N2O2.C2H4O2.Cr/c1-27(2,3)21-13-9-11-19(25(21)31)17-29-23-15-7-8-16-24(23)30-18-20-12-10-14-22(26(20)32)28(4,5)6;1-2(3)4;/h9-14,17-18,23-24,31-32H,7-8,15-16H2,1-6H3;1H3,(H,3,4);/p-1. The molecule has 0 bridgehead atoms. The molecule has 2 unspecified atom stereocenters. The van der Waals surface area contributed by atoms with E-state index in [0.29, 0.717) is 11.5 Å². The van der Waals surface area contributed by atoms with Crippen LogP contribution in [0.3, 0.4) is 0 Å². The molecular weight excluding hydrogens is 504 g/mol. The maximum atomic E-state index is 10.7. The molecule has 6 nitrogen and oxygen atoms in total. The van der Waals surface area contributed by atoms with Crippen LogP contribution in [0.15, 0.2) is 46.4 Å². The fourth-order valence-corrected chi connectivity index (χ4v) is 4.33. The number of aliphatic imine (C=N–C) groups is 2. The van der Waals surface area contributed by atoms with Gasteiger partial charge in [0.15, 0.2) is 0 Å². The van der Waals surface area contributed by atoms with Gasteiger partial charge in [-0.3, -0.25) is 9.98 Å². The Bertz CT molecular complexity index is 1010. The summed E-state index contributed by atoms with van der Waals surface area (Å²) in [6, 6.07) is 11.9. The molecule has 0 aliphatic heterocycles. The normalized spacial score (nSPS) is 18.2. The van der Waals surface area contributed by atoms with E-state index >= 15 is 0 Å². The number of hydrogen-bond acceptors (Lipinski definition) is 6. The Kier molecular flexibility index (Phi) is 12.1. The number of aliphatic carboxylic acids is 1. The SMILES string of the molecule is CC(=O)[O-].CC(C)(C)c1cccc(C=NC2CCCCC2N=Cc2cccc(C(C)(C)C)c2O)c1O.[Cr]. The predicted molar refractivity (Wildman–Crippen MR) is 146 cm³/mol. The third-order valence-electron chi connectivity index (χ3n) is 6.25. The number of rotatable bonds is 4. The van der Waals surface area contributed by atoms with E-state index in [0.717, 1.165) is 54.9 Å². The van der Waals surface area contributed by atoms with Crippen LogP contribution in [0.4, 0.5) is 0 Å². The zero-order chi connectivity index (χ0) is 27.1. The number of aromatic hydroxyl groups is 2. The largest absolute Gasteiger partial charge is 0.550 e. The topological polar surface area (TPSA) is 105 Å². The Balaban J connectivity index is 0.00000127. The molecule has 2 aromatic rings. The molecule has 1 aliphatic rings. The molecule has 2 aromatic carbocycles. The first-order chi connectivity index (χ1) is 16.7. The second-order valence-corrected chi connectivity index (χ2v) is 11.5. The average Bonchev–Trinajstić information content (AvgIpc) is 2.76. The van der Waals surface area contributed by atoms with E-state index in [4.69, 9.17) is 19.9 Å². The van der Waals surface area contributed by atoms with Crippen molar-refractivity contribution < 1.29 is 37.5 Å². The van der Waals surface area contributed by atoms with Crippen LogP contribution < -0.4 is 5.11 Å². The van der Waals surface area contributed by atoms with Crippen molar-refractivity contribution in [1.82, 2.24) is 0 Å². The van der Waals surface area contributed by atoms with Crippen LogP contribution in [0, 0.1) is 0 Å². The van der Waals surface area contributed by atoms with Crippen molar-refractivity contribution in [2.75, 3.05) is 0 Å². The summed E-state index contributed by atoms with van der Waals surface area (Å²) in [5.74, 6) is -0.466. The molecule has 0 heterocycles. The number of carboxylic acids is 1. The van der Waals surface area contributed by atoms with Crippen LogP contribution in [0.1, 0.15) is 96.4 Å². The minimum atomic E-state index is -1.08. The van der Waals surface area contributed by atoms with Crippen molar-refractivity contribution in [3.05, 3.63) is 58.7 Å². The number of para-hydroxylation sites is 2. The van der Waals surface area contributed by atoms with Crippen LogP contribution in [0.25, 0.3) is 0 Å². The van der Waals surface area contributed by atoms with E-state index < -0.39 is 5.97 Å². The van der Waals surface area contributed by atoms with E-state index in [1.165, 1.54) is 0 Å². The molecule has 0 radical (unpaired) electrons. The Hall–Kier alpha value is -2.62. The van der Waals surface area contributed by atoms with Gasteiger partial charge in [-0.25, -0.2) is 0 Å².